The number of carbonyl (C=O) groups excluding carboxylic acids is 1. The first kappa shape index (κ1) is 20.8. The van der Waals surface area contributed by atoms with Crippen LogP contribution in [0.2, 0.25) is 5.02 Å². The molecule has 1 amide bonds. The zero-order valence-corrected chi connectivity index (χ0v) is 17.0. The number of hydrogen-bond donors (Lipinski definition) is 2. The van der Waals surface area contributed by atoms with Crippen molar-refractivity contribution in [3.63, 3.8) is 0 Å². The number of sulfonamides is 1. The third kappa shape index (κ3) is 5.34. The minimum Gasteiger partial charge on any atom is -0.346 e. The zero-order valence-electron chi connectivity index (χ0n) is 15.4. The SMILES string of the molecule is C[C@H](NC(=O)c1cccc(NS(=O)(=O)c2ccc(Cl)cc2)c1)c1ccc(F)cc1. The predicted molar refractivity (Wildman–Crippen MR) is 111 cm³/mol. The summed E-state index contributed by atoms with van der Waals surface area (Å²) in [4.78, 5) is 12.6. The van der Waals surface area contributed by atoms with E-state index in [1.807, 2.05) is 0 Å². The normalized spacial score (nSPS) is 12.2. The van der Waals surface area contributed by atoms with Crippen LogP contribution in [-0.2, 0) is 10.0 Å². The fraction of sp³-hybridized carbons (Fsp3) is 0.0952. The minimum atomic E-state index is -3.82. The molecule has 3 aromatic carbocycles. The summed E-state index contributed by atoms with van der Waals surface area (Å²) in [5.41, 5.74) is 1.29. The van der Waals surface area contributed by atoms with Crippen LogP contribution in [-0.4, -0.2) is 14.3 Å². The molecule has 1 atom stereocenters. The van der Waals surface area contributed by atoms with Crippen LogP contribution in [0.15, 0.2) is 77.7 Å². The number of anilines is 1. The van der Waals surface area contributed by atoms with E-state index in [2.05, 4.69) is 10.0 Å². The molecular weight excluding hydrogens is 415 g/mol. The van der Waals surface area contributed by atoms with E-state index in [4.69, 9.17) is 11.6 Å². The Balaban J connectivity index is 1.74. The van der Waals surface area contributed by atoms with Gasteiger partial charge in [0.25, 0.3) is 15.9 Å². The van der Waals surface area contributed by atoms with Crippen LogP contribution in [0.5, 0.6) is 0 Å². The van der Waals surface area contributed by atoms with E-state index in [0.717, 1.165) is 5.56 Å². The second kappa shape index (κ2) is 8.63. The standard InChI is InChI=1S/C21H18ClFN2O3S/c1-14(15-5-9-18(23)10-6-15)24-21(26)16-3-2-4-19(13-16)25-29(27,28)20-11-7-17(22)8-12-20/h2-14,25H,1H3,(H,24,26)/t14-/m0/s1. The van der Waals surface area contributed by atoms with Crippen molar-refractivity contribution in [2.45, 2.75) is 17.9 Å². The van der Waals surface area contributed by atoms with E-state index < -0.39 is 10.0 Å². The molecule has 0 aliphatic carbocycles. The number of hydrogen-bond acceptors (Lipinski definition) is 3. The summed E-state index contributed by atoms with van der Waals surface area (Å²) in [6, 6.07) is 17.4. The van der Waals surface area contributed by atoms with Gasteiger partial charge in [-0.3, -0.25) is 9.52 Å². The Morgan fingerprint density at radius 1 is 1.00 bits per heavy atom. The highest BCUT2D eigenvalue weighted by atomic mass is 35.5. The van der Waals surface area contributed by atoms with Gasteiger partial charge in [-0.1, -0.05) is 29.8 Å². The number of carbonyl (C=O) groups is 1. The quantitative estimate of drug-likeness (QED) is 0.589. The maximum absolute atomic E-state index is 13.0. The summed E-state index contributed by atoms with van der Waals surface area (Å²) in [6.45, 7) is 1.78. The van der Waals surface area contributed by atoms with Crippen LogP contribution in [0.3, 0.4) is 0 Å². The van der Waals surface area contributed by atoms with Crippen molar-refractivity contribution in [1.29, 1.82) is 0 Å². The molecule has 29 heavy (non-hydrogen) atoms. The highest BCUT2D eigenvalue weighted by Gasteiger charge is 2.16. The first-order chi connectivity index (χ1) is 13.7. The predicted octanol–water partition coefficient (Wildman–Crippen LogP) is 4.77. The van der Waals surface area contributed by atoms with Crippen molar-refractivity contribution in [3.05, 3.63) is 94.8 Å². The Labute approximate surface area is 173 Å². The molecule has 0 bridgehead atoms. The van der Waals surface area contributed by atoms with Gasteiger partial charge in [0.15, 0.2) is 0 Å². The molecule has 0 aliphatic rings. The number of rotatable bonds is 6. The van der Waals surface area contributed by atoms with E-state index in [-0.39, 0.29) is 33.9 Å². The summed E-state index contributed by atoms with van der Waals surface area (Å²) < 4.78 is 40.5. The lowest BCUT2D eigenvalue weighted by Crippen LogP contribution is -2.26. The van der Waals surface area contributed by atoms with Crippen LogP contribution in [0.25, 0.3) is 0 Å². The van der Waals surface area contributed by atoms with Crippen LogP contribution in [0.4, 0.5) is 10.1 Å². The molecule has 0 heterocycles. The molecule has 0 saturated heterocycles. The minimum absolute atomic E-state index is 0.0571. The summed E-state index contributed by atoms with van der Waals surface area (Å²) in [7, 11) is -3.82. The summed E-state index contributed by atoms with van der Waals surface area (Å²) in [6.07, 6.45) is 0. The van der Waals surface area contributed by atoms with E-state index in [9.17, 15) is 17.6 Å². The van der Waals surface area contributed by atoms with Gasteiger partial charge < -0.3 is 5.32 Å². The van der Waals surface area contributed by atoms with Crippen molar-refractivity contribution < 1.29 is 17.6 Å². The molecule has 3 aromatic rings. The Hall–Kier alpha value is -2.90. The Morgan fingerprint density at radius 3 is 2.31 bits per heavy atom. The van der Waals surface area contributed by atoms with Gasteiger partial charge in [-0.05, 0) is 67.1 Å². The van der Waals surface area contributed by atoms with E-state index in [1.165, 1.54) is 42.5 Å². The highest BCUT2D eigenvalue weighted by molar-refractivity contribution is 7.92. The van der Waals surface area contributed by atoms with Crippen molar-refractivity contribution >= 4 is 33.2 Å². The van der Waals surface area contributed by atoms with Gasteiger partial charge in [0, 0.05) is 16.3 Å². The van der Waals surface area contributed by atoms with Gasteiger partial charge in [0.1, 0.15) is 5.82 Å². The van der Waals surface area contributed by atoms with Gasteiger partial charge in [-0.2, -0.15) is 0 Å². The number of halogens is 2. The molecule has 0 unspecified atom stereocenters. The number of nitrogens with one attached hydrogen (secondary N) is 2. The van der Waals surface area contributed by atoms with Crippen LogP contribution < -0.4 is 10.0 Å². The average Bonchev–Trinajstić information content (AvgIpc) is 2.68. The average molecular weight is 433 g/mol. The summed E-state index contributed by atoms with van der Waals surface area (Å²) >= 11 is 5.79. The molecule has 0 fully saturated rings. The van der Waals surface area contributed by atoms with Gasteiger partial charge in [-0.15, -0.1) is 0 Å². The molecule has 8 heteroatoms. The number of benzene rings is 3. The van der Waals surface area contributed by atoms with Crippen LogP contribution >= 0.6 is 11.6 Å². The van der Waals surface area contributed by atoms with Gasteiger partial charge in [-0.25, -0.2) is 12.8 Å². The Morgan fingerprint density at radius 2 is 1.66 bits per heavy atom. The second-order valence-electron chi connectivity index (χ2n) is 6.39. The zero-order chi connectivity index (χ0) is 21.0. The fourth-order valence-electron chi connectivity index (χ4n) is 2.67. The molecule has 0 spiro atoms. The third-order valence-electron chi connectivity index (χ3n) is 4.22. The van der Waals surface area contributed by atoms with E-state index in [0.29, 0.717) is 5.02 Å². The van der Waals surface area contributed by atoms with Crippen molar-refractivity contribution in [1.82, 2.24) is 5.32 Å². The second-order valence-corrected chi connectivity index (χ2v) is 8.51. The molecule has 0 saturated carbocycles. The van der Waals surface area contributed by atoms with Crippen LogP contribution in [0, 0.1) is 5.82 Å². The maximum Gasteiger partial charge on any atom is 0.261 e. The lowest BCUT2D eigenvalue weighted by atomic mass is 10.1. The Kier molecular flexibility index (Phi) is 6.20. The van der Waals surface area contributed by atoms with Crippen LogP contribution in [0.1, 0.15) is 28.9 Å². The molecule has 2 N–H and O–H groups in total. The molecular formula is C21H18ClFN2O3S. The summed E-state index contributed by atoms with van der Waals surface area (Å²) in [5.74, 6) is -0.734. The van der Waals surface area contributed by atoms with Gasteiger partial charge in [0.05, 0.1) is 10.9 Å². The Bertz CT molecular complexity index is 1120. The first-order valence-electron chi connectivity index (χ1n) is 8.69. The fourth-order valence-corrected chi connectivity index (χ4v) is 3.84. The molecule has 5 nitrogen and oxygen atoms in total. The topological polar surface area (TPSA) is 75.3 Å². The molecule has 3 rings (SSSR count). The molecule has 150 valence electrons. The molecule has 0 aliphatic heterocycles. The maximum atomic E-state index is 13.0. The lowest BCUT2D eigenvalue weighted by Gasteiger charge is -2.15. The first-order valence-corrected chi connectivity index (χ1v) is 10.6. The lowest BCUT2D eigenvalue weighted by molar-refractivity contribution is 0.0940. The van der Waals surface area contributed by atoms with Crippen molar-refractivity contribution in [2.75, 3.05) is 4.72 Å². The van der Waals surface area contributed by atoms with E-state index >= 15 is 0 Å². The van der Waals surface area contributed by atoms with Crippen molar-refractivity contribution in [3.8, 4) is 0 Å². The van der Waals surface area contributed by atoms with Crippen molar-refractivity contribution in [2.24, 2.45) is 0 Å². The largest absolute Gasteiger partial charge is 0.346 e. The van der Waals surface area contributed by atoms with E-state index in [1.54, 1.807) is 37.3 Å². The molecule has 0 radical (unpaired) electrons. The third-order valence-corrected chi connectivity index (χ3v) is 5.87. The number of amides is 1. The van der Waals surface area contributed by atoms with Gasteiger partial charge >= 0.3 is 0 Å². The summed E-state index contributed by atoms with van der Waals surface area (Å²) in [5, 5.41) is 3.24. The smallest absolute Gasteiger partial charge is 0.261 e. The highest BCUT2D eigenvalue weighted by Crippen LogP contribution is 2.20. The van der Waals surface area contributed by atoms with Gasteiger partial charge in [0.2, 0.25) is 0 Å². The monoisotopic (exact) mass is 432 g/mol. The molecule has 0 aromatic heterocycles.